The van der Waals surface area contributed by atoms with E-state index >= 15 is 0 Å². The van der Waals surface area contributed by atoms with Gasteiger partial charge in [0, 0.05) is 25.1 Å². The largest absolute Gasteiger partial charge is 0.338 e. The van der Waals surface area contributed by atoms with Crippen LogP contribution in [0.15, 0.2) is 24.3 Å². The Morgan fingerprint density at radius 3 is 2.74 bits per heavy atom. The molecule has 2 unspecified atom stereocenters. The Bertz CT molecular complexity index is 432. The zero-order valence-corrected chi connectivity index (χ0v) is 12.0. The molecule has 0 saturated carbocycles. The number of amides is 1. The Balaban J connectivity index is 2.03. The van der Waals surface area contributed by atoms with Crippen LogP contribution >= 0.6 is 11.8 Å². The number of likely N-dealkylation sites (N-methyl/N-ethyl adjacent to an activating group) is 1. The fourth-order valence-electron chi connectivity index (χ4n) is 2.13. The first-order valence-corrected chi connectivity index (χ1v) is 7.58. The van der Waals surface area contributed by atoms with E-state index in [1.807, 2.05) is 6.92 Å². The van der Waals surface area contributed by atoms with Gasteiger partial charge in [-0.05, 0) is 24.6 Å². The molecule has 0 bridgehead atoms. The number of nitrogens with one attached hydrogen (secondary N) is 1. The third-order valence-electron chi connectivity index (χ3n) is 3.50. The van der Waals surface area contributed by atoms with Crippen LogP contribution in [0.1, 0.15) is 18.5 Å². The third kappa shape index (κ3) is 3.48. The second-order valence-corrected chi connectivity index (χ2v) is 5.91. The highest BCUT2D eigenvalue weighted by Crippen LogP contribution is 2.21. The van der Waals surface area contributed by atoms with Crippen molar-refractivity contribution in [1.29, 1.82) is 0 Å². The molecule has 5 heteroatoms. The van der Waals surface area contributed by atoms with Crippen LogP contribution in [0.4, 0.5) is 4.39 Å². The number of hydrogen-bond acceptors (Lipinski definition) is 3. The molecule has 19 heavy (non-hydrogen) atoms. The summed E-state index contributed by atoms with van der Waals surface area (Å²) in [5, 5.41) is 3.24. The van der Waals surface area contributed by atoms with Crippen LogP contribution in [-0.4, -0.2) is 41.9 Å². The van der Waals surface area contributed by atoms with Gasteiger partial charge < -0.3 is 10.2 Å². The molecule has 0 aromatic heterocycles. The summed E-state index contributed by atoms with van der Waals surface area (Å²) in [5.41, 5.74) is 0.945. The normalized spacial score (nSPS) is 20.9. The number of rotatable bonds is 3. The summed E-state index contributed by atoms with van der Waals surface area (Å²) < 4.78 is 12.9. The minimum absolute atomic E-state index is 0.0539. The fourth-order valence-corrected chi connectivity index (χ4v) is 3.05. The molecule has 1 aliphatic heterocycles. The van der Waals surface area contributed by atoms with Crippen molar-refractivity contribution < 1.29 is 9.18 Å². The number of benzene rings is 1. The van der Waals surface area contributed by atoms with E-state index in [9.17, 15) is 9.18 Å². The van der Waals surface area contributed by atoms with Gasteiger partial charge in [0.2, 0.25) is 5.91 Å². The van der Waals surface area contributed by atoms with Crippen molar-refractivity contribution in [3.63, 3.8) is 0 Å². The van der Waals surface area contributed by atoms with Gasteiger partial charge in [0.15, 0.2) is 0 Å². The van der Waals surface area contributed by atoms with Gasteiger partial charge in [-0.3, -0.25) is 4.79 Å². The first kappa shape index (κ1) is 14.3. The quantitative estimate of drug-likeness (QED) is 0.921. The molecule has 104 valence electrons. The van der Waals surface area contributed by atoms with Crippen molar-refractivity contribution >= 4 is 17.7 Å². The molecule has 3 nitrogen and oxygen atoms in total. The lowest BCUT2D eigenvalue weighted by molar-refractivity contribution is -0.133. The molecule has 1 saturated heterocycles. The van der Waals surface area contributed by atoms with Gasteiger partial charge >= 0.3 is 0 Å². The Kier molecular flexibility index (Phi) is 4.82. The average molecular weight is 282 g/mol. The van der Waals surface area contributed by atoms with E-state index in [0.717, 1.165) is 23.6 Å². The molecule has 1 aromatic rings. The van der Waals surface area contributed by atoms with Crippen LogP contribution in [0.2, 0.25) is 0 Å². The highest BCUT2D eigenvalue weighted by atomic mass is 32.2. The van der Waals surface area contributed by atoms with Crippen LogP contribution in [0.3, 0.4) is 0 Å². The fraction of sp³-hybridized carbons (Fsp3) is 0.500. The third-order valence-corrected chi connectivity index (χ3v) is 4.56. The number of carbonyl (C=O) groups excluding carboxylic acids is 1. The van der Waals surface area contributed by atoms with E-state index < -0.39 is 0 Å². The van der Waals surface area contributed by atoms with Gasteiger partial charge in [-0.15, -0.1) is 0 Å². The van der Waals surface area contributed by atoms with Crippen molar-refractivity contribution in [2.75, 3.05) is 25.1 Å². The lowest BCUT2D eigenvalue weighted by atomic mass is 10.1. The Morgan fingerprint density at radius 2 is 2.16 bits per heavy atom. The Labute approximate surface area is 117 Å². The number of halogens is 1. The van der Waals surface area contributed by atoms with Crippen molar-refractivity contribution in [3.8, 4) is 0 Å². The van der Waals surface area contributed by atoms with Crippen LogP contribution in [-0.2, 0) is 4.79 Å². The monoisotopic (exact) mass is 282 g/mol. The molecule has 0 spiro atoms. The molecule has 1 N–H and O–H groups in total. The Hall–Kier alpha value is -1.07. The zero-order valence-electron chi connectivity index (χ0n) is 11.2. The van der Waals surface area contributed by atoms with E-state index in [1.165, 1.54) is 12.1 Å². The number of nitrogens with zero attached hydrogens (tertiary/aromatic N) is 1. The van der Waals surface area contributed by atoms with Crippen LogP contribution in [0.25, 0.3) is 0 Å². The number of hydrogen-bond donors (Lipinski definition) is 1. The molecule has 1 aromatic carbocycles. The summed E-state index contributed by atoms with van der Waals surface area (Å²) in [4.78, 5) is 14.1. The van der Waals surface area contributed by atoms with Gasteiger partial charge in [-0.1, -0.05) is 12.1 Å². The number of carbonyl (C=O) groups is 1. The summed E-state index contributed by atoms with van der Waals surface area (Å²) in [7, 11) is 1.80. The maximum atomic E-state index is 12.9. The first-order valence-electron chi connectivity index (χ1n) is 6.43. The van der Waals surface area contributed by atoms with Gasteiger partial charge in [0.25, 0.3) is 0 Å². The maximum Gasteiger partial charge on any atom is 0.240 e. The molecular formula is C14H19FN2OS. The second kappa shape index (κ2) is 6.39. The van der Waals surface area contributed by atoms with Crippen molar-refractivity contribution in [1.82, 2.24) is 10.2 Å². The standard InChI is InChI=1S/C14H19FN2OS/c1-10(11-3-5-12(15)6-4-11)17(2)14(18)13-9-19-8-7-16-13/h3-6,10,13,16H,7-9H2,1-2H3. The van der Waals surface area contributed by atoms with E-state index in [0.29, 0.717) is 0 Å². The molecular weight excluding hydrogens is 263 g/mol. The predicted octanol–water partition coefficient (Wildman–Crippen LogP) is 2.05. The van der Waals surface area contributed by atoms with E-state index in [4.69, 9.17) is 0 Å². The summed E-state index contributed by atoms with van der Waals surface area (Å²) in [5.74, 6) is 1.72. The summed E-state index contributed by atoms with van der Waals surface area (Å²) in [6.07, 6.45) is 0. The van der Waals surface area contributed by atoms with E-state index in [2.05, 4.69) is 5.32 Å². The lowest BCUT2D eigenvalue weighted by Crippen LogP contribution is -2.49. The smallest absolute Gasteiger partial charge is 0.240 e. The molecule has 0 aliphatic carbocycles. The SMILES string of the molecule is CC(c1ccc(F)cc1)N(C)C(=O)C1CSCCN1. The van der Waals surface area contributed by atoms with Crippen molar-refractivity contribution in [3.05, 3.63) is 35.6 Å². The van der Waals surface area contributed by atoms with Crippen molar-refractivity contribution in [2.24, 2.45) is 0 Å². The minimum Gasteiger partial charge on any atom is -0.338 e. The molecule has 1 fully saturated rings. The first-order chi connectivity index (χ1) is 9.09. The highest BCUT2D eigenvalue weighted by Gasteiger charge is 2.26. The molecule has 1 aliphatic rings. The zero-order chi connectivity index (χ0) is 13.8. The Morgan fingerprint density at radius 1 is 1.47 bits per heavy atom. The summed E-state index contributed by atoms with van der Waals surface area (Å²) >= 11 is 1.80. The van der Waals surface area contributed by atoms with Gasteiger partial charge in [-0.2, -0.15) is 11.8 Å². The maximum absolute atomic E-state index is 12.9. The van der Waals surface area contributed by atoms with Gasteiger partial charge in [-0.25, -0.2) is 4.39 Å². The topological polar surface area (TPSA) is 32.3 Å². The molecule has 2 atom stereocenters. The van der Waals surface area contributed by atoms with Crippen molar-refractivity contribution in [2.45, 2.75) is 19.0 Å². The lowest BCUT2D eigenvalue weighted by Gasteiger charge is -2.31. The predicted molar refractivity (Wildman–Crippen MR) is 76.7 cm³/mol. The summed E-state index contributed by atoms with van der Waals surface area (Å²) in [6.45, 7) is 2.83. The highest BCUT2D eigenvalue weighted by molar-refractivity contribution is 7.99. The van der Waals surface area contributed by atoms with Gasteiger partial charge in [0.05, 0.1) is 12.1 Å². The molecule has 1 heterocycles. The van der Waals surface area contributed by atoms with Crippen LogP contribution in [0, 0.1) is 5.82 Å². The van der Waals surface area contributed by atoms with Gasteiger partial charge in [0.1, 0.15) is 5.82 Å². The molecule has 0 radical (unpaired) electrons. The average Bonchev–Trinajstić information content (AvgIpc) is 2.46. The molecule has 1 amide bonds. The van der Waals surface area contributed by atoms with Crippen LogP contribution < -0.4 is 5.32 Å². The summed E-state index contributed by atoms with van der Waals surface area (Å²) in [6, 6.07) is 6.16. The van der Waals surface area contributed by atoms with E-state index in [-0.39, 0.29) is 23.8 Å². The molecule has 2 rings (SSSR count). The van der Waals surface area contributed by atoms with E-state index in [1.54, 1.807) is 35.8 Å². The number of thioether (sulfide) groups is 1. The minimum atomic E-state index is -0.254. The second-order valence-electron chi connectivity index (χ2n) is 4.76. The van der Waals surface area contributed by atoms with Crippen LogP contribution in [0.5, 0.6) is 0 Å².